The van der Waals surface area contributed by atoms with Gasteiger partial charge in [0.25, 0.3) is 5.91 Å². The van der Waals surface area contributed by atoms with Crippen LogP contribution in [-0.4, -0.2) is 39.2 Å². The first-order valence-corrected chi connectivity index (χ1v) is 11.6. The summed E-state index contributed by atoms with van der Waals surface area (Å²) in [6.07, 6.45) is 3.96. The van der Waals surface area contributed by atoms with Crippen molar-refractivity contribution in [2.75, 3.05) is 0 Å². The van der Waals surface area contributed by atoms with Crippen molar-refractivity contribution in [3.8, 4) is 6.07 Å². The van der Waals surface area contributed by atoms with Crippen molar-refractivity contribution >= 4 is 5.91 Å². The maximum Gasteiger partial charge on any atom is 0.421 e. The molecule has 1 aromatic carbocycles. The third-order valence-corrected chi connectivity index (χ3v) is 7.42. The van der Waals surface area contributed by atoms with E-state index >= 15 is 0 Å². The fourth-order valence-electron chi connectivity index (χ4n) is 5.06. The van der Waals surface area contributed by atoms with Crippen LogP contribution in [0.15, 0.2) is 48.8 Å². The zero-order chi connectivity index (χ0) is 24.6. The first kappa shape index (κ1) is 24.2. The second-order valence-electron chi connectivity index (χ2n) is 9.68. The second kappa shape index (κ2) is 9.03. The second-order valence-corrected chi connectivity index (χ2v) is 9.68. The van der Waals surface area contributed by atoms with Crippen LogP contribution in [0.4, 0.5) is 13.2 Å². The molecular weight excluding hydrogens is 443 g/mol. The molecule has 2 aliphatic rings. The summed E-state index contributed by atoms with van der Waals surface area (Å²) in [5.74, 6) is -0.195. The summed E-state index contributed by atoms with van der Waals surface area (Å²) in [5, 5.41) is 19.4. The molecule has 0 radical (unpaired) electrons. The third-order valence-electron chi connectivity index (χ3n) is 7.42. The van der Waals surface area contributed by atoms with E-state index in [0.717, 1.165) is 44.1 Å². The van der Waals surface area contributed by atoms with E-state index in [0.29, 0.717) is 18.9 Å². The van der Waals surface area contributed by atoms with E-state index in [2.05, 4.69) is 11.1 Å². The number of hydrogen-bond acceptors (Lipinski definition) is 4. The van der Waals surface area contributed by atoms with Gasteiger partial charge in [0.05, 0.1) is 6.07 Å². The Morgan fingerprint density at radius 3 is 2.26 bits per heavy atom. The largest absolute Gasteiger partial charge is 0.421 e. The van der Waals surface area contributed by atoms with Crippen LogP contribution in [0.3, 0.4) is 0 Å². The Morgan fingerprint density at radius 2 is 1.76 bits per heavy atom. The number of nitrogens with zero attached hydrogens (tertiary/aromatic N) is 3. The fourth-order valence-corrected chi connectivity index (χ4v) is 5.06. The molecule has 0 saturated heterocycles. The monoisotopic (exact) mass is 471 g/mol. The van der Waals surface area contributed by atoms with Crippen LogP contribution >= 0.6 is 0 Å². The van der Waals surface area contributed by atoms with Gasteiger partial charge in [-0.3, -0.25) is 9.78 Å². The number of carbonyl (C=O) groups excluding carboxylic acids is 1. The van der Waals surface area contributed by atoms with Crippen molar-refractivity contribution < 1.29 is 23.1 Å². The molecule has 2 aliphatic carbocycles. The van der Waals surface area contributed by atoms with Gasteiger partial charge in [0.15, 0.2) is 5.60 Å². The number of aromatic nitrogens is 1. The average molecular weight is 472 g/mol. The van der Waals surface area contributed by atoms with Crippen LogP contribution in [0.25, 0.3) is 0 Å². The maximum absolute atomic E-state index is 13.4. The average Bonchev–Trinajstić information content (AvgIpc) is 3.65. The molecule has 0 unspecified atom stereocenters. The van der Waals surface area contributed by atoms with Crippen LogP contribution in [0, 0.1) is 11.3 Å². The van der Waals surface area contributed by atoms with Gasteiger partial charge in [-0.05, 0) is 74.8 Å². The number of halogens is 3. The minimum Gasteiger partial charge on any atom is -0.376 e. The first-order chi connectivity index (χ1) is 16.1. The topological polar surface area (TPSA) is 77.2 Å². The number of aliphatic hydroxyl groups is 1. The Morgan fingerprint density at radius 1 is 1.15 bits per heavy atom. The Bertz CT molecular complexity index is 1050. The molecule has 4 rings (SSSR count). The SMILES string of the molecule is C[C@](O)(c1ccc(C(=O)N(C2CC2)C2CCC(CC#N)(c3cccnc3)CC2)cc1)C(F)(F)F. The van der Waals surface area contributed by atoms with Gasteiger partial charge in [-0.15, -0.1) is 0 Å². The minimum atomic E-state index is -4.81. The van der Waals surface area contributed by atoms with Gasteiger partial charge in [0.2, 0.25) is 0 Å². The molecule has 2 fully saturated rings. The quantitative estimate of drug-likeness (QED) is 0.624. The van der Waals surface area contributed by atoms with E-state index in [1.807, 2.05) is 23.2 Å². The van der Waals surface area contributed by atoms with Crippen LogP contribution < -0.4 is 0 Å². The number of pyridine rings is 1. The lowest BCUT2D eigenvalue weighted by molar-refractivity contribution is -0.258. The summed E-state index contributed by atoms with van der Waals surface area (Å²) in [4.78, 5) is 19.5. The number of alkyl halides is 3. The standard InChI is InChI=1S/C26H28F3N3O2/c1-24(34,26(27,28)29)19-6-4-18(5-7-19)23(33)32(21-8-9-21)22-10-12-25(13-11-22,14-15-30)20-3-2-16-31-17-20/h2-7,16-17,21-22,34H,8-14H2,1H3/t22?,24-,25?/m0/s1. The van der Waals surface area contributed by atoms with Crippen molar-refractivity contribution in [1.29, 1.82) is 5.26 Å². The lowest BCUT2D eigenvalue weighted by Crippen LogP contribution is -2.46. The summed E-state index contributed by atoms with van der Waals surface area (Å²) in [7, 11) is 0. The predicted molar refractivity (Wildman–Crippen MR) is 120 cm³/mol. The van der Waals surface area contributed by atoms with E-state index in [1.54, 1.807) is 6.20 Å². The number of amides is 1. The Kier molecular flexibility index (Phi) is 6.43. The van der Waals surface area contributed by atoms with Crippen LogP contribution in [0.2, 0.25) is 0 Å². The molecule has 1 aromatic heterocycles. The third kappa shape index (κ3) is 4.54. The number of hydrogen-bond donors (Lipinski definition) is 1. The van der Waals surface area contributed by atoms with Gasteiger partial charge in [-0.1, -0.05) is 18.2 Å². The molecule has 2 saturated carbocycles. The molecule has 8 heteroatoms. The van der Waals surface area contributed by atoms with Crippen molar-refractivity contribution in [3.63, 3.8) is 0 Å². The lowest BCUT2D eigenvalue weighted by atomic mass is 9.66. The van der Waals surface area contributed by atoms with Gasteiger partial charge in [-0.2, -0.15) is 18.4 Å². The molecule has 1 amide bonds. The normalized spacial score (nSPS) is 24.6. The molecule has 1 atom stereocenters. The highest BCUT2D eigenvalue weighted by molar-refractivity contribution is 5.95. The Hall–Kier alpha value is -2.92. The van der Waals surface area contributed by atoms with Gasteiger partial charge in [0.1, 0.15) is 0 Å². The highest BCUT2D eigenvalue weighted by Gasteiger charge is 2.51. The van der Waals surface area contributed by atoms with E-state index in [9.17, 15) is 28.3 Å². The lowest BCUT2D eigenvalue weighted by Gasteiger charge is -2.43. The smallest absolute Gasteiger partial charge is 0.376 e. The summed E-state index contributed by atoms with van der Waals surface area (Å²) in [6.45, 7) is 0.706. The summed E-state index contributed by atoms with van der Waals surface area (Å²) in [5.41, 5.74) is -2.20. The zero-order valence-corrected chi connectivity index (χ0v) is 19.1. The van der Waals surface area contributed by atoms with Crippen LogP contribution in [-0.2, 0) is 11.0 Å². The maximum atomic E-state index is 13.4. The van der Waals surface area contributed by atoms with E-state index in [1.165, 1.54) is 24.3 Å². The van der Waals surface area contributed by atoms with Crippen molar-refractivity contribution in [2.45, 2.75) is 81.1 Å². The van der Waals surface area contributed by atoms with Crippen molar-refractivity contribution in [3.05, 3.63) is 65.5 Å². The molecule has 2 aromatic rings. The van der Waals surface area contributed by atoms with Gasteiger partial charge < -0.3 is 10.0 Å². The summed E-state index contributed by atoms with van der Waals surface area (Å²) in [6, 6.07) is 11.4. The fraction of sp³-hybridized carbons (Fsp3) is 0.500. The molecule has 180 valence electrons. The van der Waals surface area contributed by atoms with Crippen LogP contribution in [0.5, 0.6) is 0 Å². The van der Waals surface area contributed by atoms with E-state index in [-0.39, 0.29) is 29.0 Å². The highest BCUT2D eigenvalue weighted by Crippen LogP contribution is 2.45. The molecule has 5 nitrogen and oxygen atoms in total. The molecule has 1 heterocycles. The van der Waals surface area contributed by atoms with Gasteiger partial charge >= 0.3 is 6.18 Å². The van der Waals surface area contributed by atoms with E-state index < -0.39 is 11.8 Å². The number of rotatable bonds is 6. The van der Waals surface area contributed by atoms with Gasteiger partial charge in [-0.25, -0.2) is 0 Å². The number of carbonyl (C=O) groups is 1. The first-order valence-electron chi connectivity index (χ1n) is 11.6. The molecule has 0 bridgehead atoms. The van der Waals surface area contributed by atoms with Crippen molar-refractivity contribution in [1.82, 2.24) is 9.88 Å². The number of benzene rings is 1. The molecular formula is C26H28F3N3O2. The predicted octanol–water partition coefficient (Wildman–Crippen LogP) is 5.25. The molecule has 1 N–H and O–H groups in total. The Balaban J connectivity index is 1.51. The zero-order valence-electron chi connectivity index (χ0n) is 19.1. The van der Waals surface area contributed by atoms with Gasteiger partial charge in [0, 0.05) is 41.9 Å². The number of nitriles is 1. The molecule has 0 aliphatic heterocycles. The summed E-state index contributed by atoms with van der Waals surface area (Å²) < 4.78 is 39.5. The van der Waals surface area contributed by atoms with Crippen molar-refractivity contribution in [2.24, 2.45) is 0 Å². The molecule has 0 spiro atoms. The summed E-state index contributed by atoms with van der Waals surface area (Å²) >= 11 is 0. The van der Waals surface area contributed by atoms with Crippen LogP contribution in [0.1, 0.15) is 73.4 Å². The molecule has 34 heavy (non-hydrogen) atoms. The minimum absolute atomic E-state index is 0.0152. The Labute approximate surface area is 197 Å². The highest BCUT2D eigenvalue weighted by atomic mass is 19.4. The van der Waals surface area contributed by atoms with E-state index in [4.69, 9.17) is 0 Å².